The quantitative estimate of drug-likeness (QED) is 0.751. The Morgan fingerprint density at radius 2 is 2.04 bits per heavy atom. The largest absolute Gasteiger partial charge is 0.447 e. The molecule has 2 aromatic rings. The highest BCUT2D eigenvalue weighted by molar-refractivity contribution is 7.89. The number of hydrogen-bond donors (Lipinski definition) is 2. The van der Waals surface area contributed by atoms with Gasteiger partial charge in [0.25, 0.3) is 15.9 Å². The van der Waals surface area contributed by atoms with Crippen molar-refractivity contribution in [2.75, 3.05) is 5.32 Å². The number of esters is 1. The molecule has 0 saturated carbocycles. The third-order valence-corrected chi connectivity index (χ3v) is 3.76. The van der Waals surface area contributed by atoms with Gasteiger partial charge in [-0.3, -0.25) is 4.79 Å². The summed E-state index contributed by atoms with van der Waals surface area (Å²) in [5.41, 5.74) is 0.718. The second kappa shape index (κ2) is 7.16. The Balaban J connectivity index is 2.02. The van der Waals surface area contributed by atoms with Gasteiger partial charge in [-0.15, -0.1) is 0 Å². The molecule has 1 unspecified atom stereocenters. The molecule has 0 bridgehead atoms. The van der Waals surface area contributed by atoms with Gasteiger partial charge in [-0.2, -0.15) is 5.26 Å². The molecular formula is C15H13N3O6S. The van der Waals surface area contributed by atoms with Gasteiger partial charge >= 0.3 is 5.97 Å². The Hall–Kier alpha value is -3.16. The number of nitrogens with zero attached hydrogens (tertiary/aromatic N) is 1. The standard InChI is InChI=1S/C15H13N3O6S/c1-9(14(19)18-11-4-2-3-10(7-11)8-16)23-15(20)12-5-6-13(24-12)25(17,21)22/h2-7,9H,1H3,(H,18,19)(H2,17,21,22). The number of carbonyl (C=O) groups excluding carboxylic acids is 2. The molecule has 1 amide bonds. The van der Waals surface area contributed by atoms with E-state index in [1.807, 2.05) is 6.07 Å². The molecule has 3 N–H and O–H groups in total. The van der Waals surface area contributed by atoms with Crippen LogP contribution in [-0.2, 0) is 19.6 Å². The summed E-state index contributed by atoms with van der Waals surface area (Å²) in [6, 6.07) is 10.2. The summed E-state index contributed by atoms with van der Waals surface area (Å²) in [6.07, 6.45) is -1.19. The van der Waals surface area contributed by atoms with Crippen LogP contribution in [0, 0.1) is 11.3 Å². The zero-order valence-electron chi connectivity index (χ0n) is 12.9. The topological polar surface area (TPSA) is 152 Å². The number of nitrogens with one attached hydrogen (secondary N) is 1. The number of rotatable bonds is 5. The van der Waals surface area contributed by atoms with Crippen LogP contribution in [0.15, 0.2) is 45.9 Å². The van der Waals surface area contributed by atoms with E-state index in [0.29, 0.717) is 11.3 Å². The summed E-state index contributed by atoms with van der Waals surface area (Å²) in [4.78, 5) is 23.9. The van der Waals surface area contributed by atoms with Gasteiger partial charge in [0.2, 0.25) is 10.9 Å². The van der Waals surface area contributed by atoms with Crippen molar-refractivity contribution in [1.82, 2.24) is 0 Å². The minimum Gasteiger partial charge on any atom is -0.447 e. The van der Waals surface area contributed by atoms with Crippen LogP contribution in [0.3, 0.4) is 0 Å². The van der Waals surface area contributed by atoms with E-state index in [1.54, 1.807) is 18.2 Å². The van der Waals surface area contributed by atoms with E-state index in [2.05, 4.69) is 5.32 Å². The number of nitriles is 1. The molecule has 10 heteroatoms. The highest BCUT2D eigenvalue weighted by Crippen LogP contribution is 2.15. The van der Waals surface area contributed by atoms with Crippen molar-refractivity contribution >= 4 is 27.6 Å². The van der Waals surface area contributed by atoms with Crippen LogP contribution >= 0.6 is 0 Å². The lowest BCUT2D eigenvalue weighted by Crippen LogP contribution is -2.29. The maximum atomic E-state index is 12.0. The Labute approximate surface area is 143 Å². The number of nitrogens with two attached hydrogens (primary N) is 1. The van der Waals surface area contributed by atoms with Gasteiger partial charge in [0, 0.05) is 5.69 Å². The minimum atomic E-state index is -4.09. The SMILES string of the molecule is CC(OC(=O)c1ccc(S(N)(=O)=O)o1)C(=O)Nc1cccc(C#N)c1. The Bertz CT molecular complexity index is 958. The molecule has 0 radical (unpaired) electrons. The van der Waals surface area contributed by atoms with Crippen molar-refractivity contribution in [3.8, 4) is 6.07 Å². The lowest BCUT2D eigenvalue weighted by Gasteiger charge is -2.12. The number of hydrogen-bond acceptors (Lipinski definition) is 7. The van der Waals surface area contributed by atoms with E-state index in [9.17, 15) is 18.0 Å². The van der Waals surface area contributed by atoms with Crippen molar-refractivity contribution in [2.24, 2.45) is 5.14 Å². The highest BCUT2D eigenvalue weighted by atomic mass is 32.2. The Kier molecular flexibility index (Phi) is 5.21. The fraction of sp³-hybridized carbons (Fsp3) is 0.133. The van der Waals surface area contributed by atoms with E-state index in [1.165, 1.54) is 13.0 Å². The number of amides is 1. The lowest BCUT2D eigenvalue weighted by atomic mass is 10.2. The molecule has 0 saturated heterocycles. The first-order chi connectivity index (χ1) is 11.7. The highest BCUT2D eigenvalue weighted by Gasteiger charge is 2.23. The number of furan rings is 1. The first-order valence-electron chi connectivity index (χ1n) is 6.85. The lowest BCUT2D eigenvalue weighted by molar-refractivity contribution is -0.123. The molecular weight excluding hydrogens is 350 g/mol. The van der Waals surface area contributed by atoms with Crippen molar-refractivity contribution < 1.29 is 27.2 Å². The first kappa shape index (κ1) is 18.2. The zero-order chi connectivity index (χ0) is 18.6. The first-order valence-corrected chi connectivity index (χ1v) is 8.40. The van der Waals surface area contributed by atoms with Gasteiger partial charge in [0.1, 0.15) is 0 Å². The molecule has 0 spiro atoms. The van der Waals surface area contributed by atoms with Crippen molar-refractivity contribution in [1.29, 1.82) is 5.26 Å². The maximum Gasteiger partial charge on any atom is 0.375 e. The van der Waals surface area contributed by atoms with Gasteiger partial charge in [-0.1, -0.05) is 6.07 Å². The number of primary sulfonamides is 1. The number of benzene rings is 1. The van der Waals surface area contributed by atoms with Crippen molar-refractivity contribution in [2.45, 2.75) is 18.1 Å². The van der Waals surface area contributed by atoms with E-state index >= 15 is 0 Å². The summed E-state index contributed by atoms with van der Waals surface area (Å²) < 4.78 is 31.9. The molecule has 0 aliphatic rings. The molecule has 0 aliphatic carbocycles. The zero-order valence-corrected chi connectivity index (χ0v) is 13.7. The number of carbonyl (C=O) groups is 2. The van der Waals surface area contributed by atoms with Gasteiger partial charge in [-0.05, 0) is 37.3 Å². The van der Waals surface area contributed by atoms with Crippen LogP contribution < -0.4 is 10.5 Å². The molecule has 2 rings (SSSR count). The predicted octanol–water partition coefficient (Wildman–Crippen LogP) is 0.983. The number of sulfonamides is 1. The second-order valence-corrected chi connectivity index (χ2v) is 6.39. The number of ether oxygens (including phenoxy) is 1. The van der Waals surface area contributed by atoms with Gasteiger partial charge in [0.05, 0.1) is 11.6 Å². The molecule has 25 heavy (non-hydrogen) atoms. The average molecular weight is 363 g/mol. The fourth-order valence-electron chi connectivity index (χ4n) is 1.77. The summed E-state index contributed by atoms with van der Waals surface area (Å²) in [5.74, 6) is -2.07. The summed E-state index contributed by atoms with van der Waals surface area (Å²) in [7, 11) is -4.09. The smallest absolute Gasteiger partial charge is 0.375 e. The monoisotopic (exact) mass is 363 g/mol. The van der Waals surface area contributed by atoms with Crippen LogP contribution in [-0.4, -0.2) is 26.4 Å². The molecule has 130 valence electrons. The van der Waals surface area contributed by atoms with E-state index < -0.39 is 38.9 Å². The summed E-state index contributed by atoms with van der Waals surface area (Å²) in [5, 5.41) is 15.6. The van der Waals surface area contributed by atoms with Crippen LogP contribution in [0.2, 0.25) is 0 Å². The Morgan fingerprint density at radius 1 is 1.32 bits per heavy atom. The van der Waals surface area contributed by atoms with Crippen LogP contribution in [0.1, 0.15) is 23.0 Å². The van der Waals surface area contributed by atoms with Crippen molar-refractivity contribution in [3.05, 3.63) is 47.7 Å². The molecule has 0 aliphatic heterocycles. The molecule has 0 fully saturated rings. The second-order valence-electron chi connectivity index (χ2n) is 4.89. The van der Waals surface area contributed by atoms with Crippen LogP contribution in [0.5, 0.6) is 0 Å². The molecule has 1 atom stereocenters. The van der Waals surface area contributed by atoms with Crippen LogP contribution in [0.25, 0.3) is 0 Å². The average Bonchev–Trinajstić information content (AvgIpc) is 3.05. The Morgan fingerprint density at radius 3 is 2.64 bits per heavy atom. The fourth-order valence-corrected chi connectivity index (χ4v) is 2.23. The van der Waals surface area contributed by atoms with E-state index in [-0.39, 0.29) is 0 Å². The minimum absolute atomic E-state index is 0.355. The third-order valence-electron chi connectivity index (χ3n) is 2.98. The van der Waals surface area contributed by atoms with Gasteiger partial charge in [0.15, 0.2) is 6.10 Å². The summed E-state index contributed by atoms with van der Waals surface area (Å²) >= 11 is 0. The molecule has 1 heterocycles. The van der Waals surface area contributed by atoms with Crippen molar-refractivity contribution in [3.63, 3.8) is 0 Å². The predicted molar refractivity (Wildman–Crippen MR) is 84.7 cm³/mol. The summed E-state index contributed by atoms with van der Waals surface area (Å²) in [6.45, 7) is 1.32. The maximum absolute atomic E-state index is 12.0. The molecule has 1 aromatic carbocycles. The van der Waals surface area contributed by atoms with Crippen LogP contribution in [0.4, 0.5) is 5.69 Å². The molecule has 9 nitrogen and oxygen atoms in total. The third kappa shape index (κ3) is 4.66. The van der Waals surface area contributed by atoms with E-state index in [0.717, 1.165) is 12.1 Å². The molecule has 1 aromatic heterocycles. The number of anilines is 1. The normalized spacial score (nSPS) is 12.0. The van der Waals surface area contributed by atoms with Gasteiger partial charge in [-0.25, -0.2) is 18.4 Å². The van der Waals surface area contributed by atoms with Gasteiger partial charge < -0.3 is 14.5 Å². The van der Waals surface area contributed by atoms with E-state index in [4.69, 9.17) is 19.6 Å².